The van der Waals surface area contributed by atoms with Gasteiger partial charge in [-0.15, -0.1) is 0 Å². The molecule has 1 spiro atoms. The normalized spacial score (nSPS) is 31.0. The lowest BCUT2D eigenvalue weighted by molar-refractivity contribution is -0.413. The van der Waals surface area contributed by atoms with E-state index >= 15 is 0 Å². The number of carbonyl (C=O) groups is 2. The third kappa shape index (κ3) is 11.9. The first kappa shape index (κ1) is 48.6. The van der Waals surface area contributed by atoms with Crippen LogP contribution < -0.4 is 11.1 Å². The second kappa shape index (κ2) is 21.9. The summed E-state index contributed by atoms with van der Waals surface area (Å²) in [4.78, 5) is 33.2. The minimum atomic E-state index is -2.91. The number of rotatable bonds is 17. The minimum absolute atomic E-state index is 0.0556. The van der Waals surface area contributed by atoms with Gasteiger partial charge in [-0.25, -0.2) is 9.59 Å². The number of guanidine groups is 1. The Hall–Kier alpha value is -3.85. The second-order valence-electron chi connectivity index (χ2n) is 18.0. The van der Waals surface area contributed by atoms with Gasteiger partial charge in [0.1, 0.15) is 18.3 Å². The van der Waals surface area contributed by atoms with Crippen LogP contribution in [0.15, 0.2) is 63.7 Å². The molecule has 18 nitrogen and oxygen atoms in total. The number of nitrogens with zero attached hydrogens (tertiary/aromatic N) is 2. The topological polar surface area (TPSA) is 276 Å². The SMILES string of the molecule is CC(C)OC1C(OC2OC=C(C(=O)OC3CCC4(CCCC4)C3)C(C=CC3=CN(CCO)CC(C(=O)O)=C3NC(N)=NCCCO)C2C=C2CCCCC2)OC(CO)C(O)C1(O)O. The van der Waals surface area contributed by atoms with Crippen molar-refractivity contribution < 1.29 is 69.0 Å². The molecule has 3 aliphatic carbocycles. The molecule has 0 aromatic carbocycles. The summed E-state index contributed by atoms with van der Waals surface area (Å²) < 4.78 is 30.9. The average Bonchev–Trinajstić information content (AvgIpc) is 3.89. The summed E-state index contributed by atoms with van der Waals surface area (Å²) in [6, 6.07) is 0. The number of nitrogens with two attached hydrogens (primary N) is 1. The zero-order valence-electron chi connectivity index (χ0n) is 36.5. The zero-order chi connectivity index (χ0) is 45.3. The highest BCUT2D eigenvalue weighted by molar-refractivity contribution is 5.92. The van der Waals surface area contributed by atoms with Crippen LogP contribution in [0.4, 0.5) is 0 Å². The van der Waals surface area contributed by atoms with Gasteiger partial charge in [0.05, 0.1) is 54.9 Å². The number of aliphatic imine (C=N–C) groups is 1. The number of allylic oxidation sites excluding steroid dienone is 3. The highest BCUT2D eigenvalue weighted by Gasteiger charge is 2.58. The Morgan fingerprint density at radius 2 is 1.81 bits per heavy atom. The molecule has 10 N–H and O–H groups in total. The van der Waals surface area contributed by atoms with E-state index in [1.54, 1.807) is 37.1 Å². The quantitative estimate of drug-likeness (QED) is 0.0252. The van der Waals surface area contributed by atoms with E-state index in [2.05, 4.69) is 10.3 Å². The fourth-order valence-electron chi connectivity index (χ4n) is 9.83. The van der Waals surface area contributed by atoms with Crippen molar-refractivity contribution in [1.29, 1.82) is 0 Å². The molecule has 6 aliphatic rings. The van der Waals surface area contributed by atoms with Crippen LogP contribution in [-0.2, 0) is 33.3 Å². The predicted molar refractivity (Wildman–Crippen MR) is 228 cm³/mol. The van der Waals surface area contributed by atoms with Gasteiger partial charge in [-0.2, -0.15) is 0 Å². The van der Waals surface area contributed by atoms with Crippen molar-refractivity contribution in [3.8, 4) is 0 Å². The van der Waals surface area contributed by atoms with Crippen molar-refractivity contribution in [2.75, 3.05) is 39.5 Å². The van der Waals surface area contributed by atoms with Gasteiger partial charge >= 0.3 is 11.9 Å². The van der Waals surface area contributed by atoms with Gasteiger partial charge in [-0.05, 0) is 83.5 Å². The van der Waals surface area contributed by atoms with Crippen LogP contribution in [0.2, 0.25) is 0 Å². The number of carboxylic acids is 1. The number of β-amino-alcohol motifs (C(OH)–C–C–N with tert-alkyl or cyclic N) is 1. The van der Waals surface area contributed by atoms with Gasteiger partial charge in [0.25, 0.3) is 0 Å². The van der Waals surface area contributed by atoms with Crippen LogP contribution in [0.25, 0.3) is 0 Å². The fraction of sp³-hybridized carbons (Fsp3) is 0.711. The highest BCUT2D eigenvalue weighted by Crippen LogP contribution is 2.51. The lowest BCUT2D eigenvalue weighted by atomic mass is 9.80. The van der Waals surface area contributed by atoms with Crippen molar-refractivity contribution in [2.24, 2.45) is 28.0 Å². The summed E-state index contributed by atoms with van der Waals surface area (Å²) in [6.45, 7) is 2.42. The van der Waals surface area contributed by atoms with Gasteiger partial charge < -0.3 is 75.4 Å². The number of ether oxygens (including phenoxy) is 5. The molecule has 3 aliphatic heterocycles. The van der Waals surface area contributed by atoms with Crippen LogP contribution in [0, 0.1) is 17.3 Å². The third-order valence-corrected chi connectivity index (χ3v) is 13.1. The Bertz CT molecular complexity index is 1780. The number of hydrogen-bond acceptors (Lipinski definition) is 15. The van der Waals surface area contributed by atoms with E-state index in [-0.39, 0.29) is 67.2 Å². The van der Waals surface area contributed by atoms with Crippen molar-refractivity contribution in [3.05, 3.63) is 58.7 Å². The van der Waals surface area contributed by atoms with E-state index in [1.165, 1.54) is 6.26 Å². The molecule has 8 unspecified atom stereocenters. The summed E-state index contributed by atoms with van der Waals surface area (Å²) in [6.07, 6.45) is 11.4. The molecule has 8 atom stereocenters. The Morgan fingerprint density at radius 3 is 2.48 bits per heavy atom. The van der Waals surface area contributed by atoms with E-state index in [4.69, 9.17) is 29.4 Å². The molecule has 0 bridgehead atoms. The van der Waals surface area contributed by atoms with Crippen LogP contribution in [-0.4, -0.2) is 147 Å². The maximum atomic E-state index is 14.5. The molecule has 0 aromatic rings. The molecule has 0 aromatic heterocycles. The summed E-state index contributed by atoms with van der Waals surface area (Å²) in [5.74, 6) is -6.46. The van der Waals surface area contributed by atoms with E-state index in [9.17, 15) is 45.3 Å². The van der Waals surface area contributed by atoms with Gasteiger partial charge in [0, 0.05) is 37.4 Å². The van der Waals surface area contributed by atoms with Crippen LogP contribution >= 0.6 is 0 Å². The van der Waals surface area contributed by atoms with Gasteiger partial charge in [-0.3, -0.25) is 4.99 Å². The number of aliphatic carboxylic acids is 1. The van der Waals surface area contributed by atoms with E-state index < -0.39 is 73.2 Å². The molecular weight excluding hydrogens is 821 g/mol. The number of aliphatic hydroxyl groups excluding tert-OH is 4. The smallest absolute Gasteiger partial charge is 0.338 e. The molecule has 63 heavy (non-hydrogen) atoms. The largest absolute Gasteiger partial charge is 0.478 e. The van der Waals surface area contributed by atoms with Crippen molar-refractivity contribution in [1.82, 2.24) is 10.2 Å². The molecule has 3 saturated carbocycles. The van der Waals surface area contributed by atoms with Crippen LogP contribution in [0.5, 0.6) is 0 Å². The summed E-state index contributed by atoms with van der Waals surface area (Å²) in [5, 5.41) is 75.9. The molecule has 3 heterocycles. The second-order valence-corrected chi connectivity index (χ2v) is 18.0. The Morgan fingerprint density at radius 1 is 1.06 bits per heavy atom. The molecule has 6 rings (SSSR count). The molecule has 0 radical (unpaired) electrons. The third-order valence-electron chi connectivity index (χ3n) is 13.1. The first-order chi connectivity index (χ1) is 30.2. The van der Waals surface area contributed by atoms with Crippen molar-refractivity contribution in [2.45, 2.75) is 146 Å². The first-order valence-electron chi connectivity index (χ1n) is 22.5. The first-order valence-corrected chi connectivity index (χ1v) is 22.5. The molecule has 4 fully saturated rings. The number of esters is 1. The lowest BCUT2D eigenvalue weighted by Crippen LogP contribution is -2.69. The van der Waals surface area contributed by atoms with Crippen molar-refractivity contribution >= 4 is 17.9 Å². The Balaban J connectivity index is 1.43. The molecule has 18 heteroatoms. The Labute approximate surface area is 368 Å². The van der Waals surface area contributed by atoms with Gasteiger partial charge in [0.2, 0.25) is 12.1 Å². The summed E-state index contributed by atoms with van der Waals surface area (Å²) in [7, 11) is 0. The zero-order valence-corrected chi connectivity index (χ0v) is 36.5. The van der Waals surface area contributed by atoms with E-state index in [0.29, 0.717) is 12.0 Å². The minimum Gasteiger partial charge on any atom is -0.478 e. The monoisotopic (exact) mass is 888 g/mol. The van der Waals surface area contributed by atoms with Crippen LogP contribution in [0.3, 0.4) is 0 Å². The van der Waals surface area contributed by atoms with E-state index in [0.717, 1.165) is 82.6 Å². The lowest BCUT2D eigenvalue weighted by Gasteiger charge is -2.48. The number of carboxylic acid groups (broad SMARTS) is 1. The maximum Gasteiger partial charge on any atom is 0.338 e. The number of carbonyl (C=O) groups excluding carboxylic acids is 1. The maximum absolute atomic E-state index is 14.5. The Kier molecular flexibility index (Phi) is 16.9. The standard InChI is InChI=1S/C45H68N4O14/c1-27(2)60-38-42(62-35(25-52)37(53)45(38,57)58)63-41-32(21-28-9-4-3-5-10-28)31(34(26-59-41)40(56)61-30-13-16-44(22-30)14-6-7-15-44)12-11-29-23-49(18-20-51)24-33(39(54)55)36(29)48-43(46)47-17-8-19-50/h11-12,21,23,26-27,30-32,35,37-38,41-42,50-53,57-58H,3-10,13-20,22,24-25H2,1-2H3,(H,54,55)(H3,46,47,48). The van der Waals surface area contributed by atoms with Gasteiger partial charge in [-0.1, -0.05) is 43.1 Å². The number of nitrogens with one attached hydrogen (secondary N) is 1. The van der Waals surface area contributed by atoms with Crippen molar-refractivity contribution in [3.63, 3.8) is 0 Å². The van der Waals surface area contributed by atoms with Gasteiger partial charge in [0.15, 0.2) is 18.4 Å². The molecule has 1 saturated heterocycles. The molecule has 352 valence electrons. The molecular formula is C45H68N4O14. The van der Waals surface area contributed by atoms with Crippen LogP contribution in [0.1, 0.15) is 97.3 Å². The average molecular weight is 889 g/mol. The number of aliphatic hydroxyl groups is 6. The molecule has 0 amide bonds. The highest BCUT2D eigenvalue weighted by atomic mass is 16.8. The summed E-state index contributed by atoms with van der Waals surface area (Å²) in [5.41, 5.74) is 8.09. The summed E-state index contributed by atoms with van der Waals surface area (Å²) >= 11 is 0. The van der Waals surface area contributed by atoms with E-state index in [1.807, 2.05) is 6.08 Å². The fourth-order valence-corrected chi connectivity index (χ4v) is 9.83. The predicted octanol–water partition coefficient (Wildman–Crippen LogP) is 1.95. The number of hydrogen-bond donors (Lipinski definition) is 9.